The number of piperidine rings is 1. The van der Waals surface area contributed by atoms with Gasteiger partial charge in [-0.05, 0) is 58.3 Å². The molecule has 0 aromatic carbocycles. The number of fused-ring (bicyclic) bond motifs is 1. The van der Waals surface area contributed by atoms with Gasteiger partial charge in [0, 0.05) is 54.8 Å². The third-order valence-corrected chi connectivity index (χ3v) is 8.28. The number of amides is 2. The SMILES string of the molecule is CCN1CCC2(CN(C(C)=O)CC23CCN(Cc2ccc(C)s2)CC3)C1=O. The van der Waals surface area contributed by atoms with E-state index in [0.29, 0.717) is 12.5 Å². The molecule has 1 aromatic rings. The number of likely N-dealkylation sites (tertiary alicyclic amines) is 3. The van der Waals surface area contributed by atoms with Crippen molar-refractivity contribution in [3.63, 3.8) is 0 Å². The van der Waals surface area contributed by atoms with Gasteiger partial charge in [0.05, 0.1) is 5.41 Å². The van der Waals surface area contributed by atoms with Crippen molar-refractivity contribution in [2.75, 3.05) is 39.3 Å². The van der Waals surface area contributed by atoms with Crippen LogP contribution in [-0.4, -0.2) is 65.8 Å². The Morgan fingerprint density at radius 3 is 2.44 bits per heavy atom. The number of thiophene rings is 1. The van der Waals surface area contributed by atoms with Crippen molar-refractivity contribution in [3.8, 4) is 0 Å². The number of carbonyl (C=O) groups excluding carboxylic acids is 2. The van der Waals surface area contributed by atoms with Crippen LogP contribution in [0.5, 0.6) is 0 Å². The lowest BCUT2D eigenvalue weighted by Crippen LogP contribution is -2.52. The Labute approximate surface area is 166 Å². The van der Waals surface area contributed by atoms with Gasteiger partial charge in [0.2, 0.25) is 11.8 Å². The highest BCUT2D eigenvalue weighted by molar-refractivity contribution is 7.11. The first-order chi connectivity index (χ1) is 12.9. The van der Waals surface area contributed by atoms with Gasteiger partial charge in [-0.25, -0.2) is 0 Å². The van der Waals surface area contributed by atoms with Crippen LogP contribution in [0.3, 0.4) is 0 Å². The van der Waals surface area contributed by atoms with E-state index in [2.05, 4.69) is 30.9 Å². The Hall–Kier alpha value is -1.40. The summed E-state index contributed by atoms with van der Waals surface area (Å²) >= 11 is 1.88. The maximum atomic E-state index is 13.4. The summed E-state index contributed by atoms with van der Waals surface area (Å²) in [4.78, 5) is 34.8. The molecular weight excluding hydrogens is 358 g/mol. The van der Waals surface area contributed by atoms with Crippen LogP contribution in [-0.2, 0) is 16.1 Å². The molecule has 3 fully saturated rings. The molecule has 5 nitrogen and oxygen atoms in total. The standard InChI is InChI=1S/C21H31N3O2S/c1-4-23-12-9-21(19(23)26)15-24(17(3)25)14-20(21)7-10-22(11-8-20)13-18-6-5-16(2)27-18/h5-6H,4,7-15H2,1-3H3. The molecule has 0 N–H and O–H groups in total. The highest BCUT2D eigenvalue weighted by atomic mass is 32.1. The number of hydrogen-bond donors (Lipinski definition) is 0. The fourth-order valence-corrected chi connectivity index (χ4v) is 6.57. The first-order valence-electron chi connectivity index (χ1n) is 10.2. The molecule has 2 amide bonds. The highest BCUT2D eigenvalue weighted by Crippen LogP contribution is 2.57. The molecule has 0 radical (unpaired) electrons. The zero-order valence-electron chi connectivity index (χ0n) is 16.8. The van der Waals surface area contributed by atoms with Crippen molar-refractivity contribution in [1.29, 1.82) is 0 Å². The fraction of sp³-hybridized carbons (Fsp3) is 0.714. The molecular formula is C21H31N3O2S. The van der Waals surface area contributed by atoms with Gasteiger partial charge in [-0.15, -0.1) is 11.3 Å². The van der Waals surface area contributed by atoms with Crippen LogP contribution >= 0.6 is 11.3 Å². The van der Waals surface area contributed by atoms with E-state index in [1.54, 1.807) is 6.92 Å². The van der Waals surface area contributed by atoms with Crippen LogP contribution in [0.4, 0.5) is 0 Å². The van der Waals surface area contributed by atoms with E-state index in [0.717, 1.165) is 58.5 Å². The summed E-state index contributed by atoms with van der Waals surface area (Å²) in [5, 5.41) is 0. The van der Waals surface area contributed by atoms with E-state index in [4.69, 9.17) is 0 Å². The minimum Gasteiger partial charge on any atom is -0.342 e. The van der Waals surface area contributed by atoms with Gasteiger partial charge in [-0.2, -0.15) is 0 Å². The molecule has 27 heavy (non-hydrogen) atoms. The number of carbonyl (C=O) groups is 2. The Balaban J connectivity index is 1.53. The second-order valence-electron chi connectivity index (χ2n) is 8.66. The van der Waals surface area contributed by atoms with Crippen LogP contribution in [0.25, 0.3) is 0 Å². The minimum atomic E-state index is -0.347. The molecule has 4 heterocycles. The van der Waals surface area contributed by atoms with E-state index in [9.17, 15) is 9.59 Å². The second-order valence-corrected chi connectivity index (χ2v) is 10.0. The van der Waals surface area contributed by atoms with Gasteiger partial charge >= 0.3 is 0 Å². The number of aryl methyl sites for hydroxylation is 1. The molecule has 3 aliphatic heterocycles. The summed E-state index contributed by atoms with van der Waals surface area (Å²) in [5.41, 5.74) is -0.387. The lowest BCUT2D eigenvalue weighted by atomic mass is 9.60. The largest absolute Gasteiger partial charge is 0.342 e. The summed E-state index contributed by atoms with van der Waals surface area (Å²) in [6.45, 7) is 11.9. The first-order valence-corrected chi connectivity index (χ1v) is 11.0. The number of nitrogens with zero attached hydrogens (tertiary/aromatic N) is 3. The molecule has 2 spiro atoms. The summed E-state index contributed by atoms with van der Waals surface area (Å²) in [6, 6.07) is 4.43. The lowest BCUT2D eigenvalue weighted by Gasteiger charge is -2.46. The third-order valence-electron chi connectivity index (χ3n) is 7.29. The Morgan fingerprint density at radius 1 is 1.15 bits per heavy atom. The molecule has 4 rings (SSSR count). The van der Waals surface area contributed by atoms with Gasteiger partial charge in [0.25, 0.3) is 0 Å². The van der Waals surface area contributed by atoms with Crippen molar-refractivity contribution in [2.24, 2.45) is 10.8 Å². The molecule has 1 aromatic heterocycles. The normalized spacial score (nSPS) is 28.0. The average Bonchev–Trinajstić information content (AvgIpc) is 3.29. The van der Waals surface area contributed by atoms with Crippen molar-refractivity contribution in [2.45, 2.75) is 46.6 Å². The Morgan fingerprint density at radius 2 is 1.89 bits per heavy atom. The molecule has 148 valence electrons. The third kappa shape index (κ3) is 3.01. The molecule has 1 atom stereocenters. The van der Waals surface area contributed by atoms with E-state index >= 15 is 0 Å². The predicted molar refractivity (Wildman–Crippen MR) is 108 cm³/mol. The predicted octanol–water partition coefficient (Wildman–Crippen LogP) is 2.74. The molecule has 6 heteroatoms. The van der Waals surface area contributed by atoms with Crippen LogP contribution < -0.4 is 0 Å². The van der Waals surface area contributed by atoms with Gasteiger partial charge < -0.3 is 9.80 Å². The molecule has 0 bridgehead atoms. The number of rotatable bonds is 3. The van der Waals surface area contributed by atoms with Crippen LogP contribution in [0.2, 0.25) is 0 Å². The summed E-state index contributed by atoms with van der Waals surface area (Å²) in [6.07, 6.45) is 2.95. The van der Waals surface area contributed by atoms with Gasteiger partial charge in [-0.3, -0.25) is 14.5 Å². The monoisotopic (exact) mass is 389 g/mol. The molecule has 1 unspecified atom stereocenters. The van der Waals surface area contributed by atoms with Crippen LogP contribution in [0.15, 0.2) is 12.1 Å². The average molecular weight is 390 g/mol. The van der Waals surface area contributed by atoms with Gasteiger partial charge in [-0.1, -0.05) is 0 Å². The fourth-order valence-electron chi connectivity index (χ4n) is 5.63. The topological polar surface area (TPSA) is 43.9 Å². The van der Waals surface area contributed by atoms with Gasteiger partial charge in [0.1, 0.15) is 0 Å². The quantitative estimate of drug-likeness (QED) is 0.798. The number of hydrogen-bond acceptors (Lipinski definition) is 4. The summed E-state index contributed by atoms with van der Waals surface area (Å²) in [5.74, 6) is 0.418. The minimum absolute atomic E-state index is 0.0401. The van der Waals surface area contributed by atoms with Crippen molar-refractivity contribution < 1.29 is 9.59 Å². The smallest absolute Gasteiger partial charge is 0.231 e. The van der Waals surface area contributed by atoms with E-state index in [1.165, 1.54) is 9.75 Å². The zero-order valence-corrected chi connectivity index (χ0v) is 17.6. The Bertz CT molecular complexity index is 738. The maximum Gasteiger partial charge on any atom is 0.231 e. The lowest BCUT2D eigenvalue weighted by molar-refractivity contribution is -0.142. The van der Waals surface area contributed by atoms with E-state index in [1.807, 2.05) is 21.1 Å². The van der Waals surface area contributed by atoms with Crippen molar-refractivity contribution in [3.05, 3.63) is 21.9 Å². The van der Waals surface area contributed by atoms with Crippen molar-refractivity contribution in [1.82, 2.24) is 14.7 Å². The molecule has 0 aliphatic carbocycles. The highest BCUT2D eigenvalue weighted by Gasteiger charge is 2.65. The maximum absolute atomic E-state index is 13.4. The Kier molecular flexibility index (Phi) is 4.83. The zero-order chi connectivity index (χ0) is 19.2. The van der Waals surface area contributed by atoms with Gasteiger partial charge in [0.15, 0.2) is 0 Å². The summed E-state index contributed by atoms with van der Waals surface area (Å²) < 4.78 is 0. The summed E-state index contributed by atoms with van der Waals surface area (Å²) in [7, 11) is 0. The first kappa shape index (κ1) is 18.9. The van der Waals surface area contributed by atoms with Crippen LogP contribution in [0.1, 0.15) is 42.9 Å². The van der Waals surface area contributed by atoms with Crippen LogP contribution in [0, 0.1) is 17.8 Å². The van der Waals surface area contributed by atoms with E-state index in [-0.39, 0.29) is 16.7 Å². The molecule has 3 saturated heterocycles. The molecule has 0 saturated carbocycles. The second kappa shape index (κ2) is 6.89. The molecule has 3 aliphatic rings. The van der Waals surface area contributed by atoms with Crippen molar-refractivity contribution >= 4 is 23.2 Å². The van der Waals surface area contributed by atoms with E-state index < -0.39 is 0 Å².